The molecule has 0 aliphatic carbocycles. The Hall–Kier alpha value is -2.27. The third-order valence-electron chi connectivity index (χ3n) is 5.06. The summed E-state index contributed by atoms with van der Waals surface area (Å²) in [6, 6.07) is 14.0. The molecule has 3 aromatic rings. The van der Waals surface area contributed by atoms with Crippen molar-refractivity contribution in [3.63, 3.8) is 0 Å². The summed E-state index contributed by atoms with van der Waals surface area (Å²) in [7, 11) is 0. The number of hydrogen-bond donors (Lipinski definition) is 0. The first-order valence-electron chi connectivity index (χ1n) is 9.53. The number of carbonyl (C=O) groups excluding carboxylic acids is 1. The van der Waals surface area contributed by atoms with Crippen LogP contribution in [0.25, 0.3) is 5.65 Å². The summed E-state index contributed by atoms with van der Waals surface area (Å²) in [6.45, 7) is 6.20. The molecular formula is C22H25N3OS. The molecule has 0 saturated carbocycles. The number of likely N-dealkylation sites (tertiary alicyclic amines) is 1. The lowest BCUT2D eigenvalue weighted by atomic mass is 9.91. The van der Waals surface area contributed by atoms with Crippen molar-refractivity contribution in [2.24, 2.45) is 11.8 Å². The number of thioether (sulfide) groups is 1. The van der Waals surface area contributed by atoms with E-state index in [9.17, 15) is 4.79 Å². The van der Waals surface area contributed by atoms with E-state index in [-0.39, 0.29) is 5.91 Å². The van der Waals surface area contributed by atoms with Gasteiger partial charge in [-0.15, -0.1) is 11.8 Å². The van der Waals surface area contributed by atoms with Crippen LogP contribution in [0.1, 0.15) is 36.3 Å². The molecule has 5 heteroatoms. The molecular weight excluding hydrogens is 354 g/mol. The molecule has 1 aliphatic rings. The predicted octanol–water partition coefficient (Wildman–Crippen LogP) is 4.74. The van der Waals surface area contributed by atoms with E-state index in [0.717, 1.165) is 40.6 Å². The third kappa shape index (κ3) is 4.19. The fourth-order valence-corrected chi connectivity index (χ4v) is 4.70. The summed E-state index contributed by atoms with van der Waals surface area (Å²) in [5, 5.41) is 0. The summed E-state index contributed by atoms with van der Waals surface area (Å²) in [4.78, 5) is 20.6. The second-order valence-electron chi connectivity index (χ2n) is 7.67. The Morgan fingerprint density at radius 3 is 2.56 bits per heavy atom. The number of carbonyl (C=O) groups is 1. The topological polar surface area (TPSA) is 37.6 Å². The van der Waals surface area contributed by atoms with Gasteiger partial charge in [-0.1, -0.05) is 19.9 Å². The number of aromatic nitrogens is 2. The number of hydrogen-bond acceptors (Lipinski definition) is 3. The van der Waals surface area contributed by atoms with Gasteiger partial charge in [-0.25, -0.2) is 4.98 Å². The fraction of sp³-hybridized carbons (Fsp3) is 0.364. The molecule has 1 amide bonds. The number of piperidine rings is 1. The average Bonchev–Trinajstić information content (AvgIpc) is 3.08. The van der Waals surface area contributed by atoms with Gasteiger partial charge in [-0.3, -0.25) is 4.79 Å². The minimum atomic E-state index is 0.158. The second kappa shape index (κ2) is 7.77. The summed E-state index contributed by atoms with van der Waals surface area (Å²) >= 11 is 1.74. The van der Waals surface area contributed by atoms with Gasteiger partial charge in [0.1, 0.15) is 5.65 Å². The van der Waals surface area contributed by atoms with Crippen LogP contribution >= 0.6 is 11.8 Å². The molecule has 4 rings (SSSR count). The van der Waals surface area contributed by atoms with E-state index in [2.05, 4.69) is 25.0 Å². The Morgan fingerprint density at radius 1 is 1.11 bits per heavy atom. The van der Waals surface area contributed by atoms with Crippen molar-refractivity contribution in [2.75, 3.05) is 13.1 Å². The van der Waals surface area contributed by atoms with Gasteiger partial charge in [0.25, 0.3) is 5.91 Å². The molecule has 0 radical (unpaired) electrons. The van der Waals surface area contributed by atoms with E-state index in [1.54, 1.807) is 11.8 Å². The van der Waals surface area contributed by atoms with Crippen molar-refractivity contribution in [1.82, 2.24) is 14.3 Å². The van der Waals surface area contributed by atoms with Crippen molar-refractivity contribution >= 4 is 23.3 Å². The van der Waals surface area contributed by atoms with Crippen molar-refractivity contribution in [1.29, 1.82) is 0 Å². The van der Waals surface area contributed by atoms with Gasteiger partial charge in [0.15, 0.2) is 0 Å². The quantitative estimate of drug-likeness (QED) is 0.614. The van der Waals surface area contributed by atoms with E-state index in [1.807, 2.05) is 58.0 Å². The van der Waals surface area contributed by atoms with Gasteiger partial charge in [0.2, 0.25) is 0 Å². The van der Waals surface area contributed by atoms with Gasteiger partial charge in [0.05, 0.1) is 5.69 Å². The first-order chi connectivity index (χ1) is 13.1. The molecule has 0 N–H and O–H groups in total. The van der Waals surface area contributed by atoms with Gasteiger partial charge in [-0.05, 0) is 54.7 Å². The van der Waals surface area contributed by atoms with Gasteiger partial charge < -0.3 is 9.30 Å². The van der Waals surface area contributed by atoms with Gasteiger partial charge >= 0.3 is 0 Å². The number of nitrogens with zero attached hydrogens (tertiary/aromatic N) is 3. The number of imidazole rings is 1. The largest absolute Gasteiger partial charge is 0.338 e. The molecule has 27 heavy (non-hydrogen) atoms. The summed E-state index contributed by atoms with van der Waals surface area (Å²) in [5.41, 5.74) is 2.81. The van der Waals surface area contributed by atoms with Crippen LogP contribution in [0.5, 0.6) is 0 Å². The Balaban J connectivity index is 1.39. The second-order valence-corrected chi connectivity index (χ2v) is 8.72. The lowest BCUT2D eigenvalue weighted by Crippen LogP contribution is -2.42. The Morgan fingerprint density at radius 2 is 1.85 bits per heavy atom. The van der Waals surface area contributed by atoms with Crippen molar-refractivity contribution < 1.29 is 4.79 Å². The van der Waals surface area contributed by atoms with Crippen LogP contribution in [0, 0.1) is 11.8 Å². The number of rotatable bonds is 4. The minimum absolute atomic E-state index is 0.158. The van der Waals surface area contributed by atoms with Gasteiger partial charge in [-0.2, -0.15) is 0 Å². The molecule has 2 aromatic heterocycles. The third-order valence-corrected chi connectivity index (χ3v) is 6.10. The van der Waals surface area contributed by atoms with E-state index in [4.69, 9.17) is 0 Å². The molecule has 1 aliphatic heterocycles. The van der Waals surface area contributed by atoms with Crippen LogP contribution in [0.4, 0.5) is 0 Å². The number of amides is 1. The number of benzene rings is 1. The smallest absolute Gasteiger partial charge is 0.253 e. The van der Waals surface area contributed by atoms with E-state index < -0.39 is 0 Å². The van der Waals surface area contributed by atoms with Crippen LogP contribution < -0.4 is 0 Å². The zero-order valence-electron chi connectivity index (χ0n) is 15.8. The normalized spacial score (nSPS) is 20.1. The Bertz CT molecular complexity index is 891. The Kier molecular flexibility index (Phi) is 5.21. The summed E-state index contributed by atoms with van der Waals surface area (Å²) in [6.07, 6.45) is 5.29. The zero-order valence-corrected chi connectivity index (χ0v) is 16.7. The van der Waals surface area contributed by atoms with E-state index >= 15 is 0 Å². The van der Waals surface area contributed by atoms with Gasteiger partial charge in [0, 0.05) is 41.7 Å². The monoisotopic (exact) mass is 379 g/mol. The van der Waals surface area contributed by atoms with Crippen LogP contribution in [0.3, 0.4) is 0 Å². The average molecular weight is 380 g/mol. The molecule has 140 valence electrons. The highest BCUT2D eigenvalue weighted by Gasteiger charge is 2.26. The highest BCUT2D eigenvalue weighted by molar-refractivity contribution is 7.98. The zero-order chi connectivity index (χ0) is 18.8. The first-order valence-corrected chi connectivity index (χ1v) is 10.5. The highest BCUT2D eigenvalue weighted by Crippen LogP contribution is 2.25. The molecule has 1 fully saturated rings. The van der Waals surface area contributed by atoms with E-state index in [1.165, 1.54) is 6.42 Å². The maximum Gasteiger partial charge on any atom is 0.253 e. The Labute approximate surface area is 164 Å². The molecule has 0 spiro atoms. The van der Waals surface area contributed by atoms with Crippen LogP contribution in [0.15, 0.2) is 59.8 Å². The van der Waals surface area contributed by atoms with Crippen molar-refractivity contribution in [3.8, 4) is 0 Å². The highest BCUT2D eigenvalue weighted by atomic mass is 32.2. The van der Waals surface area contributed by atoms with Crippen molar-refractivity contribution in [2.45, 2.75) is 30.9 Å². The molecule has 3 heterocycles. The van der Waals surface area contributed by atoms with Crippen LogP contribution in [-0.2, 0) is 5.75 Å². The van der Waals surface area contributed by atoms with Crippen molar-refractivity contribution in [3.05, 3.63) is 66.1 Å². The van der Waals surface area contributed by atoms with E-state index in [0.29, 0.717) is 11.8 Å². The SMILES string of the molecule is C[C@@H]1C[C@H](C)CN(C(=O)c2ccc(SCc3cn4ccccc4n3)cc2)C1. The number of fused-ring (bicyclic) bond motifs is 1. The predicted molar refractivity (Wildman–Crippen MR) is 110 cm³/mol. The molecule has 0 unspecified atom stereocenters. The standard InChI is InChI=1S/C22H25N3OS/c1-16-11-17(2)13-25(12-16)22(26)18-6-8-20(9-7-18)27-15-19-14-24-10-4-3-5-21(24)23-19/h3-10,14,16-17H,11-13,15H2,1-2H3/t16-,17+. The lowest BCUT2D eigenvalue weighted by molar-refractivity contribution is 0.0623. The first kappa shape index (κ1) is 18.1. The minimum Gasteiger partial charge on any atom is -0.338 e. The molecule has 0 bridgehead atoms. The summed E-state index contributed by atoms with van der Waals surface area (Å²) < 4.78 is 2.04. The fourth-order valence-electron chi connectivity index (χ4n) is 3.92. The summed E-state index contributed by atoms with van der Waals surface area (Å²) in [5.74, 6) is 2.14. The van der Waals surface area contributed by atoms with Crippen LogP contribution in [0.2, 0.25) is 0 Å². The maximum atomic E-state index is 12.8. The molecule has 1 aromatic carbocycles. The molecule has 2 atom stereocenters. The molecule has 4 nitrogen and oxygen atoms in total. The maximum absolute atomic E-state index is 12.8. The lowest BCUT2D eigenvalue weighted by Gasteiger charge is -2.35. The number of pyridine rings is 1. The molecule has 1 saturated heterocycles. The van der Waals surface area contributed by atoms with Crippen LogP contribution in [-0.4, -0.2) is 33.3 Å².